The van der Waals surface area contributed by atoms with Gasteiger partial charge in [-0.25, -0.2) is 0 Å². The van der Waals surface area contributed by atoms with Gasteiger partial charge in [0.05, 0.1) is 0 Å². The van der Waals surface area contributed by atoms with E-state index in [9.17, 15) is 0 Å². The topological polar surface area (TPSA) is 29.3 Å². The third-order valence-electron chi connectivity index (χ3n) is 3.78. The predicted octanol–water partition coefficient (Wildman–Crippen LogP) is 3.26. The van der Waals surface area contributed by atoms with Gasteiger partial charge in [-0.05, 0) is 49.8 Å². The van der Waals surface area contributed by atoms with Crippen LogP contribution in [0.1, 0.15) is 37.3 Å². The maximum absolute atomic E-state index is 5.84. The molecule has 1 atom stereocenters. The number of nitrogens with two attached hydrogens (primary N) is 1. The third-order valence-corrected chi connectivity index (χ3v) is 4.00. The molecule has 1 aromatic carbocycles. The summed E-state index contributed by atoms with van der Waals surface area (Å²) >= 11 is 5.17. The van der Waals surface area contributed by atoms with Gasteiger partial charge in [-0.3, -0.25) is 0 Å². The van der Waals surface area contributed by atoms with Gasteiger partial charge in [-0.15, -0.1) is 0 Å². The second-order valence-electron chi connectivity index (χ2n) is 5.41. The summed E-state index contributed by atoms with van der Waals surface area (Å²) in [5.41, 5.74) is 9.35. The minimum atomic E-state index is 0.502. The Morgan fingerprint density at radius 3 is 2.83 bits per heavy atom. The third kappa shape index (κ3) is 3.02. The molecule has 1 aromatic rings. The summed E-state index contributed by atoms with van der Waals surface area (Å²) in [4.78, 5) is 2.95. The molecule has 1 fully saturated rings. The van der Waals surface area contributed by atoms with Gasteiger partial charge in [-0.2, -0.15) is 0 Å². The van der Waals surface area contributed by atoms with Crippen molar-refractivity contribution in [3.8, 4) is 0 Å². The molecule has 0 aliphatic carbocycles. The van der Waals surface area contributed by atoms with E-state index < -0.39 is 0 Å². The Morgan fingerprint density at radius 2 is 2.11 bits per heavy atom. The molecule has 18 heavy (non-hydrogen) atoms. The molecule has 2 rings (SSSR count). The first-order valence-electron chi connectivity index (χ1n) is 6.73. The molecule has 2 nitrogen and oxygen atoms in total. The second-order valence-corrected chi connectivity index (χ2v) is 5.85. The quantitative estimate of drug-likeness (QED) is 0.830. The summed E-state index contributed by atoms with van der Waals surface area (Å²) in [6.07, 6.45) is 3.83. The summed E-state index contributed by atoms with van der Waals surface area (Å²) in [5, 5.41) is 0. The maximum Gasteiger partial charge on any atom is 0.106 e. The van der Waals surface area contributed by atoms with E-state index in [1.807, 2.05) is 0 Å². The molecule has 98 valence electrons. The lowest BCUT2D eigenvalue weighted by atomic mass is 10.0. The van der Waals surface area contributed by atoms with Crippen molar-refractivity contribution in [1.82, 2.24) is 0 Å². The van der Waals surface area contributed by atoms with Crippen LogP contribution in [0.5, 0.6) is 0 Å². The Bertz CT molecular complexity index is 442. The lowest BCUT2D eigenvalue weighted by Crippen LogP contribution is -2.27. The minimum Gasteiger partial charge on any atom is -0.389 e. The lowest BCUT2D eigenvalue weighted by molar-refractivity contribution is 0.521. The van der Waals surface area contributed by atoms with Crippen LogP contribution in [0.2, 0.25) is 0 Å². The fraction of sp³-hybridized carbons (Fsp3) is 0.533. The first kappa shape index (κ1) is 13.3. The van der Waals surface area contributed by atoms with Crippen molar-refractivity contribution in [3.63, 3.8) is 0 Å². The second kappa shape index (κ2) is 5.70. The van der Waals surface area contributed by atoms with E-state index in [-0.39, 0.29) is 0 Å². The number of anilines is 1. The van der Waals surface area contributed by atoms with E-state index in [4.69, 9.17) is 18.0 Å². The van der Waals surface area contributed by atoms with Crippen LogP contribution < -0.4 is 10.6 Å². The summed E-state index contributed by atoms with van der Waals surface area (Å²) in [5.74, 6) is 0.827. The van der Waals surface area contributed by atoms with Crippen LogP contribution in [-0.4, -0.2) is 18.1 Å². The first-order valence-corrected chi connectivity index (χ1v) is 7.14. The van der Waals surface area contributed by atoms with Crippen LogP contribution in [0.25, 0.3) is 0 Å². The normalized spacial score (nSPS) is 20.6. The summed E-state index contributed by atoms with van der Waals surface area (Å²) in [7, 11) is 0. The zero-order valence-electron chi connectivity index (χ0n) is 11.3. The van der Waals surface area contributed by atoms with E-state index in [0.29, 0.717) is 4.99 Å². The summed E-state index contributed by atoms with van der Waals surface area (Å²) < 4.78 is 0. The molecule has 2 N–H and O–H groups in total. The number of nitrogens with zero attached hydrogens (tertiary/aromatic N) is 1. The van der Waals surface area contributed by atoms with Crippen LogP contribution >= 0.6 is 12.2 Å². The van der Waals surface area contributed by atoms with Crippen LogP contribution in [-0.2, 0) is 0 Å². The Kier molecular flexibility index (Phi) is 4.23. The van der Waals surface area contributed by atoms with Crippen LogP contribution in [0, 0.1) is 12.8 Å². The molecule has 0 bridgehead atoms. The standard InChI is InChI=1S/C15H22N2S/c1-11-4-3-8-17(9-7-11)14-10-12(2)5-6-13(14)15(16)18/h5-6,10-11H,3-4,7-9H2,1-2H3,(H2,16,18). The van der Waals surface area contributed by atoms with Gasteiger partial charge < -0.3 is 10.6 Å². The van der Waals surface area contributed by atoms with Crippen LogP contribution in [0.3, 0.4) is 0 Å². The van der Waals surface area contributed by atoms with Crippen molar-refractivity contribution in [2.75, 3.05) is 18.0 Å². The predicted molar refractivity (Wildman–Crippen MR) is 82.3 cm³/mol. The summed E-state index contributed by atoms with van der Waals surface area (Å²) in [6, 6.07) is 6.35. The van der Waals surface area contributed by atoms with Crippen molar-refractivity contribution < 1.29 is 0 Å². The van der Waals surface area contributed by atoms with Crippen molar-refractivity contribution >= 4 is 22.9 Å². The van der Waals surface area contributed by atoms with Gasteiger partial charge in [0.2, 0.25) is 0 Å². The Balaban J connectivity index is 2.30. The molecule has 1 aliphatic heterocycles. The number of hydrogen-bond donors (Lipinski definition) is 1. The Labute approximate surface area is 115 Å². The van der Waals surface area contributed by atoms with Gasteiger partial charge in [-0.1, -0.05) is 25.2 Å². The van der Waals surface area contributed by atoms with Crippen molar-refractivity contribution in [2.45, 2.75) is 33.1 Å². The summed E-state index contributed by atoms with van der Waals surface area (Å²) in [6.45, 7) is 6.69. The highest BCUT2D eigenvalue weighted by atomic mass is 32.1. The van der Waals surface area contributed by atoms with E-state index in [2.05, 4.69) is 36.9 Å². The average molecular weight is 262 g/mol. The van der Waals surface area contributed by atoms with Crippen molar-refractivity contribution in [2.24, 2.45) is 11.7 Å². The molecule has 0 aromatic heterocycles. The highest BCUT2D eigenvalue weighted by molar-refractivity contribution is 7.80. The monoisotopic (exact) mass is 262 g/mol. The molecule has 0 radical (unpaired) electrons. The number of benzene rings is 1. The highest BCUT2D eigenvalue weighted by Gasteiger charge is 2.17. The minimum absolute atomic E-state index is 0.502. The molecule has 3 heteroatoms. The van der Waals surface area contributed by atoms with Crippen LogP contribution in [0.15, 0.2) is 18.2 Å². The zero-order chi connectivity index (χ0) is 13.1. The number of aryl methyl sites for hydroxylation is 1. The zero-order valence-corrected chi connectivity index (χ0v) is 12.1. The molecule has 1 unspecified atom stereocenters. The molecule has 1 aliphatic rings. The smallest absolute Gasteiger partial charge is 0.106 e. The van der Waals surface area contributed by atoms with Gasteiger partial charge >= 0.3 is 0 Å². The number of hydrogen-bond acceptors (Lipinski definition) is 2. The SMILES string of the molecule is Cc1ccc(C(N)=S)c(N2CCCC(C)CC2)c1. The van der Waals surface area contributed by atoms with E-state index >= 15 is 0 Å². The lowest BCUT2D eigenvalue weighted by Gasteiger charge is -2.25. The number of rotatable bonds is 2. The van der Waals surface area contributed by atoms with E-state index in [1.165, 1.54) is 30.5 Å². The molecule has 1 heterocycles. The van der Waals surface area contributed by atoms with Crippen molar-refractivity contribution in [1.29, 1.82) is 0 Å². The average Bonchev–Trinajstić information content (AvgIpc) is 2.53. The Morgan fingerprint density at radius 1 is 1.33 bits per heavy atom. The van der Waals surface area contributed by atoms with Crippen molar-refractivity contribution in [3.05, 3.63) is 29.3 Å². The molecule has 1 saturated heterocycles. The van der Waals surface area contributed by atoms with Gasteiger partial charge in [0.15, 0.2) is 0 Å². The van der Waals surface area contributed by atoms with E-state index in [1.54, 1.807) is 0 Å². The van der Waals surface area contributed by atoms with Gasteiger partial charge in [0.1, 0.15) is 4.99 Å². The van der Waals surface area contributed by atoms with Gasteiger partial charge in [0.25, 0.3) is 0 Å². The fourth-order valence-electron chi connectivity index (χ4n) is 2.62. The highest BCUT2D eigenvalue weighted by Crippen LogP contribution is 2.26. The largest absolute Gasteiger partial charge is 0.389 e. The molecular formula is C15H22N2S. The maximum atomic E-state index is 5.84. The fourth-order valence-corrected chi connectivity index (χ4v) is 2.79. The molecule has 0 spiro atoms. The molecule has 0 amide bonds. The molecular weight excluding hydrogens is 240 g/mol. The van der Waals surface area contributed by atoms with Gasteiger partial charge in [0, 0.05) is 24.3 Å². The molecule has 0 saturated carbocycles. The van der Waals surface area contributed by atoms with Crippen LogP contribution in [0.4, 0.5) is 5.69 Å². The number of thiocarbonyl (C=S) groups is 1. The first-order chi connectivity index (χ1) is 8.58. The van der Waals surface area contributed by atoms with E-state index in [0.717, 1.165) is 24.6 Å². The Hall–Kier alpha value is -1.09.